The van der Waals surface area contributed by atoms with Gasteiger partial charge in [0.05, 0.1) is 16.7 Å². The van der Waals surface area contributed by atoms with Crippen LogP contribution in [0.4, 0.5) is 23.1 Å². The van der Waals surface area contributed by atoms with Gasteiger partial charge in [0, 0.05) is 66.8 Å². The monoisotopic (exact) mass is 1090 g/mol. The summed E-state index contributed by atoms with van der Waals surface area (Å²) in [4.78, 5) is 29.8. The van der Waals surface area contributed by atoms with Crippen LogP contribution in [-0.4, -0.2) is 34.1 Å². The van der Waals surface area contributed by atoms with Crippen molar-refractivity contribution in [3.05, 3.63) is 192 Å². The van der Waals surface area contributed by atoms with Gasteiger partial charge in [-0.05, 0) is 104 Å². The van der Waals surface area contributed by atoms with Crippen LogP contribution >= 0.6 is 0 Å². The molecule has 6 heterocycles. The average Bonchev–Trinajstić information content (AvgIpc) is 4.00. The summed E-state index contributed by atoms with van der Waals surface area (Å²) in [5.41, 5.74) is 13.4. The zero-order valence-corrected chi connectivity index (χ0v) is 42.4. The van der Waals surface area contributed by atoms with Gasteiger partial charge in [-0.2, -0.15) is 27.1 Å². The Morgan fingerprint density at radius 1 is 0.557 bits per heavy atom. The number of nitrogens with zero attached hydrogens (tertiary/aromatic N) is 9. The number of hydrogen-bond acceptors (Lipinski definition) is 8. The molecule has 12 rings (SSSR count). The third-order valence-electron chi connectivity index (χ3n) is 13.3. The molecule has 10 nitrogen and oxygen atoms in total. The Hall–Kier alpha value is -7.68. The van der Waals surface area contributed by atoms with Crippen LogP contribution in [0.3, 0.4) is 0 Å². The Bertz CT molecular complexity index is 3800. The largest absolute Gasteiger partial charge is 0.509 e. The summed E-state index contributed by atoms with van der Waals surface area (Å²) in [6, 6.07) is 51.0. The number of benzene rings is 6. The quantitative estimate of drug-likeness (QED) is 0.146. The van der Waals surface area contributed by atoms with Gasteiger partial charge in [0.25, 0.3) is 0 Å². The summed E-state index contributed by atoms with van der Waals surface area (Å²) in [5, 5.41) is 4.47. The Kier molecular flexibility index (Phi) is 10.9. The number of aromatic nitrogens is 7. The van der Waals surface area contributed by atoms with Gasteiger partial charge >= 0.3 is 0 Å². The maximum atomic E-state index is 6.64. The number of aryl methyl sites for hydroxylation is 5. The number of para-hydroxylation sites is 3. The number of hydrogen-bond donors (Lipinski definition) is 0. The van der Waals surface area contributed by atoms with E-state index in [2.05, 4.69) is 168 Å². The molecule has 0 fully saturated rings. The summed E-state index contributed by atoms with van der Waals surface area (Å²) in [6.07, 6.45) is 3.68. The van der Waals surface area contributed by atoms with E-state index in [1.54, 1.807) is 6.20 Å². The number of rotatable bonds is 7. The first-order valence-electron chi connectivity index (χ1n) is 23.2. The van der Waals surface area contributed by atoms with E-state index >= 15 is 0 Å². The summed E-state index contributed by atoms with van der Waals surface area (Å²) in [7, 11) is 0. The minimum absolute atomic E-state index is 0. The molecule has 0 aliphatic carbocycles. The molecule has 0 N–H and O–H groups in total. The zero-order valence-electron chi connectivity index (χ0n) is 40.1. The minimum Gasteiger partial charge on any atom is -0.509 e. The van der Waals surface area contributed by atoms with Crippen LogP contribution in [-0.2, 0) is 26.5 Å². The van der Waals surface area contributed by atoms with Gasteiger partial charge in [0.1, 0.15) is 11.6 Å². The van der Waals surface area contributed by atoms with Crippen LogP contribution in [0.15, 0.2) is 140 Å². The van der Waals surface area contributed by atoms with Crippen molar-refractivity contribution in [2.45, 2.75) is 60.8 Å². The normalized spacial score (nSPS) is 12.6. The maximum Gasteiger partial charge on any atom is 0.239 e. The fraction of sp³-hybridized carbons (Fsp3) is 0.153. The molecule has 11 heteroatoms. The minimum atomic E-state index is -0.0432. The van der Waals surface area contributed by atoms with E-state index in [1.807, 2.05) is 59.1 Å². The smallest absolute Gasteiger partial charge is 0.239 e. The molecule has 5 aromatic heterocycles. The van der Waals surface area contributed by atoms with Gasteiger partial charge in [-0.1, -0.05) is 98.6 Å². The SMILES string of the molecule is Cc1cc(C)c(-c2nc(N3[CH-]N(c4[c-]c(Oc5[c-]c6c(cc5)c5ccccc5n6-c5cc(C(C)(C)C)ccn5)ccc4)c4cccnc43)nc(-n3c4c(C)cccc4c4cccc(C)c43)n2)c(C)c1.[Pt]. The molecule has 0 saturated carbocycles. The second-order valence-electron chi connectivity index (χ2n) is 19.1. The van der Waals surface area contributed by atoms with Crippen LogP contribution in [0.25, 0.3) is 66.8 Å². The molecule has 6 aromatic carbocycles. The number of ether oxygens (including phenoxy) is 1. The van der Waals surface area contributed by atoms with E-state index < -0.39 is 0 Å². The first-order valence-corrected chi connectivity index (χ1v) is 23.2. The number of fused-ring (bicyclic) bond motifs is 7. The summed E-state index contributed by atoms with van der Waals surface area (Å²) >= 11 is 0. The van der Waals surface area contributed by atoms with Gasteiger partial charge in [-0.3, -0.25) is 4.57 Å². The molecule has 0 bridgehead atoms. The summed E-state index contributed by atoms with van der Waals surface area (Å²) in [6.45, 7) is 19.3. The van der Waals surface area contributed by atoms with E-state index in [-0.39, 0.29) is 26.5 Å². The predicted octanol–water partition coefficient (Wildman–Crippen LogP) is 14.2. The molecule has 1 aliphatic rings. The molecule has 0 unspecified atom stereocenters. The van der Waals surface area contributed by atoms with Crippen LogP contribution in [0, 0.1) is 53.4 Å². The van der Waals surface area contributed by atoms with Crippen molar-refractivity contribution in [2.24, 2.45) is 0 Å². The van der Waals surface area contributed by atoms with Crippen LogP contribution < -0.4 is 14.5 Å². The summed E-state index contributed by atoms with van der Waals surface area (Å²) in [5.74, 6) is 4.13. The van der Waals surface area contributed by atoms with Crippen molar-refractivity contribution in [2.75, 3.05) is 9.80 Å². The molecule has 0 spiro atoms. The Labute approximate surface area is 421 Å². The molecule has 348 valence electrons. The zero-order chi connectivity index (χ0) is 47.3. The van der Waals surface area contributed by atoms with Crippen molar-refractivity contribution >= 4 is 66.8 Å². The fourth-order valence-electron chi connectivity index (χ4n) is 10.1. The van der Waals surface area contributed by atoms with Crippen molar-refractivity contribution in [3.63, 3.8) is 0 Å². The number of anilines is 4. The first-order chi connectivity index (χ1) is 33.4. The summed E-state index contributed by atoms with van der Waals surface area (Å²) < 4.78 is 11.0. The third kappa shape index (κ3) is 7.40. The van der Waals surface area contributed by atoms with Crippen LogP contribution in [0.2, 0.25) is 0 Å². The van der Waals surface area contributed by atoms with Crippen LogP contribution in [0.1, 0.15) is 54.2 Å². The van der Waals surface area contributed by atoms with E-state index in [1.165, 1.54) is 11.1 Å². The molecule has 0 amide bonds. The van der Waals surface area contributed by atoms with Crippen molar-refractivity contribution in [3.8, 4) is 34.7 Å². The second kappa shape index (κ2) is 17.1. The van der Waals surface area contributed by atoms with Crippen molar-refractivity contribution in [1.82, 2.24) is 34.1 Å². The molecule has 0 saturated heterocycles. The molecule has 0 radical (unpaired) electrons. The third-order valence-corrected chi connectivity index (χ3v) is 13.3. The molecular weight excluding hydrogens is 1050 g/mol. The van der Waals surface area contributed by atoms with Gasteiger partial charge in [0.2, 0.25) is 11.9 Å². The molecular formula is C59H48N9OPt-3. The van der Waals surface area contributed by atoms with E-state index in [4.69, 9.17) is 29.7 Å². The van der Waals surface area contributed by atoms with E-state index in [0.717, 1.165) is 88.6 Å². The first kappa shape index (κ1) is 44.8. The average molecular weight is 1090 g/mol. The second-order valence-corrected chi connectivity index (χ2v) is 19.1. The van der Waals surface area contributed by atoms with Gasteiger partial charge in [0.15, 0.2) is 5.82 Å². The van der Waals surface area contributed by atoms with Gasteiger partial charge in [-0.25, -0.2) is 9.97 Å². The Morgan fingerprint density at radius 2 is 1.24 bits per heavy atom. The fourth-order valence-corrected chi connectivity index (χ4v) is 10.1. The van der Waals surface area contributed by atoms with E-state index in [0.29, 0.717) is 35.0 Å². The topological polar surface area (TPSA) is 90.0 Å². The standard InChI is InChI=1S/C59H48N9O.Pt/c1-35-29-38(4)52(39(5)30-35)55-62-57(64-58(63-55)68-53-36(2)15-11-20-46(53)47-21-12-16-37(3)54(47)68)66-34-65(49-23-14-27-61-56(49)66)41-17-13-18-42(32-41)69-43-24-25-45-44-19-9-10-22-48(44)67(50(45)33-43)51-31-40(26-28-60-51)59(6,7)8;/h9-31,34H,1-8H3;/q-3;. The molecule has 11 aromatic rings. The van der Waals surface area contributed by atoms with Gasteiger partial charge in [-0.15, -0.1) is 48.1 Å². The van der Waals surface area contributed by atoms with Crippen molar-refractivity contribution < 1.29 is 25.8 Å². The molecule has 0 atom stereocenters. The predicted molar refractivity (Wildman–Crippen MR) is 278 cm³/mol. The Morgan fingerprint density at radius 3 is 1.99 bits per heavy atom. The van der Waals surface area contributed by atoms with Crippen molar-refractivity contribution in [1.29, 1.82) is 0 Å². The number of pyridine rings is 2. The maximum absolute atomic E-state index is 6.64. The van der Waals surface area contributed by atoms with E-state index in [9.17, 15) is 0 Å². The molecule has 70 heavy (non-hydrogen) atoms. The van der Waals surface area contributed by atoms with Gasteiger partial charge < -0.3 is 19.1 Å². The molecule has 1 aliphatic heterocycles. The Balaban J connectivity index is 0.00000533. The van der Waals surface area contributed by atoms with Crippen LogP contribution in [0.5, 0.6) is 11.5 Å².